The minimum atomic E-state index is -0.403. The number of imidazole rings is 2. The molecule has 2 N–H and O–H groups in total. The number of unbranched alkanes of at least 4 members (excludes halogenated alkanes) is 1. The Morgan fingerprint density at radius 2 is 1.87 bits per heavy atom. The Hall–Kier alpha value is -3.07. The predicted octanol–water partition coefficient (Wildman–Crippen LogP) is 3.39. The first-order valence-corrected chi connectivity index (χ1v) is 11.1. The molecule has 0 saturated heterocycles. The van der Waals surface area contributed by atoms with E-state index in [4.69, 9.17) is 0 Å². The normalized spacial score (nSPS) is 11.4. The van der Waals surface area contributed by atoms with Crippen molar-refractivity contribution < 1.29 is 0 Å². The summed E-state index contributed by atoms with van der Waals surface area (Å²) in [6, 6.07) is 10.0. The minimum Gasteiger partial charge on any atom is -0.333 e. The van der Waals surface area contributed by atoms with Crippen LogP contribution in [0.1, 0.15) is 32.5 Å². The molecule has 4 aromatic rings. The lowest BCUT2D eigenvalue weighted by molar-refractivity contribution is 0.613. The van der Waals surface area contributed by atoms with E-state index in [1.165, 1.54) is 11.8 Å². The molecule has 0 bridgehead atoms. The number of fused-ring (bicyclic) bond motifs is 1. The van der Waals surface area contributed by atoms with Crippen LogP contribution in [0.15, 0.2) is 51.3 Å². The van der Waals surface area contributed by atoms with Crippen LogP contribution in [0.3, 0.4) is 0 Å². The largest absolute Gasteiger partial charge is 0.333 e. The van der Waals surface area contributed by atoms with Crippen LogP contribution in [0.25, 0.3) is 22.4 Å². The lowest BCUT2D eigenvalue weighted by Crippen LogP contribution is -2.31. The number of hydrogen-bond donors (Lipinski definition) is 2. The van der Waals surface area contributed by atoms with Gasteiger partial charge in [-0.2, -0.15) is 0 Å². The molecule has 0 unspecified atom stereocenters. The van der Waals surface area contributed by atoms with Crippen LogP contribution < -0.4 is 11.2 Å². The van der Waals surface area contributed by atoms with E-state index in [9.17, 15) is 9.59 Å². The first kappa shape index (κ1) is 20.2. The summed E-state index contributed by atoms with van der Waals surface area (Å²) >= 11 is 1.52. The van der Waals surface area contributed by atoms with Gasteiger partial charge in [0.25, 0.3) is 5.56 Å². The van der Waals surface area contributed by atoms with E-state index >= 15 is 0 Å². The number of aromatic nitrogens is 6. The first-order chi connectivity index (χ1) is 14.6. The fraction of sp³-hybridized carbons (Fsp3) is 0.333. The van der Waals surface area contributed by atoms with Crippen LogP contribution in [0.4, 0.5) is 0 Å². The summed E-state index contributed by atoms with van der Waals surface area (Å²) < 4.78 is 3.45. The van der Waals surface area contributed by atoms with Crippen molar-refractivity contribution >= 4 is 22.9 Å². The molecule has 0 radical (unpaired) electrons. The van der Waals surface area contributed by atoms with Gasteiger partial charge in [0.2, 0.25) is 0 Å². The second-order valence-electron chi connectivity index (χ2n) is 6.97. The molecule has 9 heteroatoms. The standard InChI is InChI=1S/C21H24N6O2S/c1-3-5-11-27-18-17(19(28)25-21(27)29)26(4-2)16(24-18)13-30-20-22-12-15(23-20)14-9-7-6-8-10-14/h6-10,12H,3-5,11,13H2,1-2H3,(H,22,23)(H,25,28,29). The van der Waals surface area contributed by atoms with Crippen LogP contribution in [-0.2, 0) is 18.8 Å². The SMILES string of the molecule is CCCCn1c(=O)[nH]c(=O)c2c1nc(CSc1ncc(-c3ccccc3)[nH]1)n2CC. The molecule has 0 aliphatic carbocycles. The third kappa shape index (κ3) is 3.85. The first-order valence-electron chi connectivity index (χ1n) is 10.1. The zero-order valence-electron chi connectivity index (χ0n) is 17.0. The maximum atomic E-state index is 12.5. The van der Waals surface area contributed by atoms with Crippen molar-refractivity contribution in [3.8, 4) is 11.3 Å². The molecule has 1 aromatic carbocycles. The average molecular weight is 425 g/mol. The quantitative estimate of drug-likeness (QED) is 0.422. The smallest absolute Gasteiger partial charge is 0.330 e. The van der Waals surface area contributed by atoms with E-state index in [0.29, 0.717) is 30.0 Å². The highest BCUT2D eigenvalue weighted by atomic mass is 32.2. The van der Waals surface area contributed by atoms with Gasteiger partial charge in [-0.05, 0) is 18.9 Å². The minimum absolute atomic E-state index is 0.391. The van der Waals surface area contributed by atoms with Crippen molar-refractivity contribution in [2.24, 2.45) is 0 Å². The molecule has 30 heavy (non-hydrogen) atoms. The van der Waals surface area contributed by atoms with E-state index in [1.807, 2.05) is 48.0 Å². The van der Waals surface area contributed by atoms with Gasteiger partial charge in [-0.25, -0.2) is 14.8 Å². The number of H-pyrrole nitrogens is 2. The van der Waals surface area contributed by atoms with E-state index < -0.39 is 11.2 Å². The highest BCUT2D eigenvalue weighted by molar-refractivity contribution is 7.98. The van der Waals surface area contributed by atoms with Crippen LogP contribution in [0.2, 0.25) is 0 Å². The Bertz CT molecular complexity index is 1270. The Balaban J connectivity index is 1.65. The average Bonchev–Trinajstić information content (AvgIpc) is 3.37. The number of aromatic amines is 2. The Morgan fingerprint density at radius 1 is 1.07 bits per heavy atom. The third-order valence-electron chi connectivity index (χ3n) is 4.99. The number of nitrogens with zero attached hydrogens (tertiary/aromatic N) is 4. The van der Waals surface area contributed by atoms with E-state index in [0.717, 1.165) is 35.1 Å². The zero-order chi connectivity index (χ0) is 21.1. The van der Waals surface area contributed by atoms with Gasteiger partial charge >= 0.3 is 5.69 Å². The van der Waals surface area contributed by atoms with Gasteiger partial charge in [0.05, 0.1) is 17.6 Å². The molecule has 4 rings (SSSR count). The number of rotatable bonds is 8. The van der Waals surface area contributed by atoms with Crippen LogP contribution in [0, 0.1) is 0 Å². The summed E-state index contributed by atoms with van der Waals surface area (Å²) in [5.41, 5.74) is 2.14. The van der Waals surface area contributed by atoms with E-state index in [1.54, 1.807) is 4.57 Å². The molecule has 8 nitrogen and oxygen atoms in total. The topological polar surface area (TPSA) is 101 Å². The molecule has 3 aromatic heterocycles. The number of thioether (sulfide) groups is 1. The molecular formula is C21H24N6O2S. The summed E-state index contributed by atoms with van der Waals surface area (Å²) in [5, 5.41) is 0.779. The van der Waals surface area contributed by atoms with Gasteiger partial charge in [0, 0.05) is 13.1 Å². The van der Waals surface area contributed by atoms with Crippen molar-refractivity contribution in [2.75, 3.05) is 0 Å². The number of nitrogens with one attached hydrogen (secondary N) is 2. The van der Waals surface area contributed by atoms with E-state index in [-0.39, 0.29) is 0 Å². The Labute approximate surface area is 177 Å². The summed E-state index contributed by atoms with van der Waals surface area (Å²) in [5.74, 6) is 1.28. The van der Waals surface area contributed by atoms with Crippen molar-refractivity contribution in [1.82, 2.24) is 29.1 Å². The van der Waals surface area contributed by atoms with Gasteiger partial charge in [-0.1, -0.05) is 55.4 Å². The Morgan fingerprint density at radius 3 is 2.60 bits per heavy atom. The summed E-state index contributed by atoms with van der Waals surface area (Å²) in [6.07, 6.45) is 3.61. The number of benzene rings is 1. The second-order valence-corrected chi connectivity index (χ2v) is 7.93. The van der Waals surface area contributed by atoms with Crippen molar-refractivity contribution in [3.63, 3.8) is 0 Å². The molecule has 0 atom stereocenters. The highest BCUT2D eigenvalue weighted by Crippen LogP contribution is 2.25. The summed E-state index contributed by atoms with van der Waals surface area (Å²) in [4.78, 5) is 39.7. The molecule has 0 aliphatic rings. The second kappa shape index (κ2) is 8.74. The van der Waals surface area contributed by atoms with Crippen molar-refractivity contribution in [1.29, 1.82) is 0 Å². The molecule has 0 fully saturated rings. The van der Waals surface area contributed by atoms with Crippen LogP contribution in [0.5, 0.6) is 0 Å². The molecule has 0 aliphatic heterocycles. The fourth-order valence-electron chi connectivity index (χ4n) is 3.47. The van der Waals surface area contributed by atoms with Crippen LogP contribution >= 0.6 is 11.8 Å². The third-order valence-corrected chi connectivity index (χ3v) is 5.87. The monoisotopic (exact) mass is 424 g/mol. The lowest BCUT2D eigenvalue weighted by atomic mass is 10.2. The van der Waals surface area contributed by atoms with Crippen molar-refractivity contribution in [3.05, 3.63) is 63.2 Å². The van der Waals surface area contributed by atoms with E-state index in [2.05, 4.69) is 26.9 Å². The predicted molar refractivity (Wildman–Crippen MR) is 119 cm³/mol. The summed E-state index contributed by atoms with van der Waals surface area (Å²) in [6.45, 7) is 5.16. The number of aryl methyl sites for hydroxylation is 2. The van der Waals surface area contributed by atoms with Crippen LogP contribution in [-0.4, -0.2) is 29.1 Å². The molecular weight excluding hydrogens is 400 g/mol. The Kier molecular flexibility index (Phi) is 5.89. The molecule has 3 heterocycles. The molecule has 0 saturated carbocycles. The zero-order valence-corrected chi connectivity index (χ0v) is 17.8. The van der Waals surface area contributed by atoms with Gasteiger partial charge < -0.3 is 9.55 Å². The lowest BCUT2D eigenvalue weighted by Gasteiger charge is -2.06. The number of hydrogen-bond acceptors (Lipinski definition) is 5. The molecule has 0 spiro atoms. The van der Waals surface area contributed by atoms with Gasteiger partial charge in [-0.15, -0.1) is 0 Å². The maximum absolute atomic E-state index is 12.5. The highest BCUT2D eigenvalue weighted by Gasteiger charge is 2.18. The van der Waals surface area contributed by atoms with Crippen molar-refractivity contribution in [2.45, 2.75) is 50.7 Å². The van der Waals surface area contributed by atoms with Gasteiger partial charge in [0.15, 0.2) is 16.3 Å². The maximum Gasteiger partial charge on any atom is 0.330 e. The fourth-order valence-corrected chi connectivity index (χ4v) is 4.26. The molecule has 0 amide bonds. The van der Waals surface area contributed by atoms with Gasteiger partial charge in [-0.3, -0.25) is 14.3 Å². The van der Waals surface area contributed by atoms with Gasteiger partial charge in [0.1, 0.15) is 5.82 Å². The molecule has 156 valence electrons. The summed E-state index contributed by atoms with van der Waals surface area (Å²) in [7, 11) is 0.